The summed E-state index contributed by atoms with van der Waals surface area (Å²) in [6.07, 6.45) is 2.37. The summed E-state index contributed by atoms with van der Waals surface area (Å²) in [5, 5.41) is 11.3. The first-order valence-corrected chi connectivity index (χ1v) is 8.71. The van der Waals surface area contributed by atoms with Crippen LogP contribution in [-0.2, 0) is 22.7 Å². The van der Waals surface area contributed by atoms with E-state index in [0.29, 0.717) is 32.5 Å². The van der Waals surface area contributed by atoms with Crippen molar-refractivity contribution in [3.63, 3.8) is 0 Å². The summed E-state index contributed by atoms with van der Waals surface area (Å²) in [5.41, 5.74) is 1.65. The van der Waals surface area contributed by atoms with Gasteiger partial charge in [0.05, 0.1) is 11.0 Å². The normalized spacial score (nSPS) is 10.9. The molecule has 2 N–H and O–H groups in total. The summed E-state index contributed by atoms with van der Waals surface area (Å²) in [7, 11) is 0. The van der Waals surface area contributed by atoms with Gasteiger partial charge in [0.25, 0.3) is 0 Å². The standard InChI is InChI=1S/C18H25N3O4/c1-2-12-20-14-7-3-4-8-15(14)21(18(20)25)13-10-16(22)19-11-6-5-9-17(23)24/h3-4,7-8H,2,5-6,9-13H2,1H3,(H,19,22)(H,23,24). The molecule has 0 aliphatic heterocycles. The zero-order valence-electron chi connectivity index (χ0n) is 14.5. The molecule has 0 unspecified atom stereocenters. The lowest BCUT2D eigenvalue weighted by atomic mass is 10.2. The lowest BCUT2D eigenvalue weighted by Gasteiger charge is -2.06. The Morgan fingerprint density at radius 3 is 2.28 bits per heavy atom. The Morgan fingerprint density at radius 2 is 1.68 bits per heavy atom. The van der Waals surface area contributed by atoms with E-state index in [1.807, 2.05) is 31.2 Å². The molecular weight excluding hydrogens is 322 g/mol. The summed E-state index contributed by atoms with van der Waals surface area (Å²) in [6, 6.07) is 7.61. The maximum Gasteiger partial charge on any atom is 0.329 e. The molecule has 0 spiro atoms. The smallest absolute Gasteiger partial charge is 0.329 e. The molecule has 7 nitrogen and oxygen atoms in total. The zero-order chi connectivity index (χ0) is 18.2. The quantitative estimate of drug-likeness (QED) is 0.643. The van der Waals surface area contributed by atoms with Crippen LogP contribution in [0.4, 0.5) is 0 Å². The molecule has 1 aromatic carbocycles. The highest BCUT2D eigenvalue weighted by Gasteiger charge is 2.13. The molecule has 0 aliphatic carbocycles. The number of nitrogens with one attached hydrogen (secondary N) is 1. The van der Waals surface area contributed by atoms with Gasteiger partial charge in [0.2, 0.25) is 5.91 Å². The minimum atomic E-state index is -0.825. The molecule has 0 radical (unpaired) electrons. The number of aryl methyl sites for hydroxylation is 2. The Bertz CT molecular complexity index is 791. The van der Waals surface area contributed by atoms with Crippen molar-refractivity contribution in [2.75, 3.05) is 6.54 Å². The van der Waals surface area contributed by atoms with Crippen molar-refractivity contribution in [2.24, 2.45) is 0 Å². The number of imidazole rings is 1. The molecule has 2 rings (SSSR count). The largest absolute Gasteiger partial charge is 0.481 e. The molecule has 7 heteroatoms. The molecule has 0 bridgehead atoms. The number of unbranched alkanes of at least 4 members (excludes halogenated alkanes) is 1. The lowest BCUT2D eigenvalue weighted by Crippen LogP contribution is -2.29. The minimum Gasteiger partial charge on any atom is -0.481 e. The zero-order valence-corrected chi connectivity index (χ0v) is 14.5. The summed E-state index contributed by atoms with van der Waals surface area (Å²) >= 11 is 0. The molecule has 1 heterocycles. The first-order valence-electron chi connectivity index (χ1n) is 8.71. The Kier molecular flexibility index (Phi) is 6.80. The van der Waals surface area contributed by atoms with E-state index < -0.39 is 5.97 Å². The molecule has 0 saturated heterocycles. The van der Waals surface area contributed by atoms with Crippen molar-refractivity contribution in [1.82, 2.24) is 14.5 Å². The number of aromatic nitrogens is 2. The third-order valence-electron chi connectivity index (χ3n) is 4.07. The maximum absolute atomic E-state index is 12.6. The van der Waals surface area contributed by atoms with Gasteiger partial charge in [-0.1, -0.05) is 19.1 Å². The van der Waals surface area contributed by atoms with Gasteiger partial charge >= 0.3 is 11.7 Å². The summed E-state index contributed by atoms with van der Waals surface area (Å²) < 4.78 is 3.40. The summed E-state index contributed by atoms with van der Waals surface area (Å²) in [5.74, 6) is -0.955. The lowest BCUT2D eigenvalue weighted by molar-refractivity contribution is -0.137. The van der Waals surface area contributed by atoms with Crippen LogP contribution in [0.25, 0.3) is 11.0 Å². The van der Waals surface area contributed by atoms with Gasteiger partial charge in [-0.2, -0.15) is 0 Å². The molecule has 2 aromatic rings. The van der Waals surface area contributed by atoms with Gasteiger partial charge in [0, 0.05) is 32.5 Å². The SMILES string of the molecule is CCCn1c(=O)n(CCC(=O)NCCCCC(=O)O)c2ccccc21. The van der Waals surface area contributed by atoms with Crippen LogP contribution in [0.3, 0.4) is 0 Å². The highest BCUT2D eigenvalue weighted by molar-refractivity contribution is 5.78. The Balaban J connectivity index is 1.94. The van der Waals surface area contributed by atoms with Crippen molar-refractivity contribution in [2.45, 2.75) is 52.1 Å². The molecule has 0 aliphatic rings. The fraction of sp³-hybridized carbons (Fsp3) is 0.500. The predicted octanol–water partition coefficient (Wildman–Crippen LogP) is 1.97. The van der Waals surface area contributed by atoms with Crippen LogP contribution < -0.4 is 11.0 Å². The third-order valence-corrected chi connectivity index (χ3v) is 4.07. The van der Waals surface area contributed by atoms with Crippen LogP contribution in [0.15, 0.2) is 29.1 Å². The number of amides is 1. The number of para-hydroxylation sites is 2. The second-order valence-electron chi connectivity index (χ2n) is 6.03. The van der Waals surface area contributed by atoms with Gasteiger partial charge in [-0.05, 0) is 31.4 Å². The highest BCUT2D eigenvalue weighted by Crippen LogP contribution is 2.13. The molecule has 136 valence electrons. The average molecular weight is 347 g/mol. The molecule has 0 fully saturated rings. The second-order valence-corrected chi connectivity index (χ2v) is 6.03. The monoisotopic (exact) mass is 347 g/mol. The molecule has 0 saturated carbocycles. The third kappa shape index (κ3) is 4.95. The number of hydrogen-bond acceptors (Lipinski definition) is 3. The van der Waals surface area contributed by atoms with Gasteiger partial charge < -0.3 is 10.4 Å². The van der Waals surface area contributed by atoms with E-state index in [2.05, 4.69) is 5.32 Å². The Morgan fingerprint density at radius 1 is 1.04 bits per heavy atom. The number of fused-ring (bicyclic) bond motifs is 1. The summed E-state index contributed by atoms with van der Waals surface area (Å²) in [6.45, 7) is 3.47. The maximum atomic E-state index is 12.6. The fourth-order valence-electron chi connectivity index (χ4n) is 2.86. The molecule has 1 aromatic heterocycles. The predicted molar refractivity (Wildman–Crippen MR) is 95.6 cm³/mol. The van der Waals surface area contributed by atoms with Crippen LogP contribution in [0.1, 0.15) is 39.0 Å². The van der Waals surface area contributed by atoms with Crippen molar-refractivity contribution >= 4 is 22.9 Å². The van der Waals surface area contributed by atoms with Crippen molar-refractivity contribution < 1.29 is 14.7 Å². The molecule has 25 heavy (non-hydrogen) atoms. The van der Waals surface area contributed by atoms with Crippen LogP contribution in [0.2, 0.25) is 0 Å². The van der Waals surface area contributed by atoms with Crippen LogP contribution in [0, 0.1) is 0 Å². The highest BCUT2D eigenvalue weighted by atomic mass is 16.4. The average Bonchev–Trinajstić information content (AvgIpc) is 2.85. The van der Waals surface area contributed by atoms with Crippen LogP contribution in [0.5, 0.6) is 0 Å². The minimum absolute atomic E-state index is 0.0858. The van der Waals surface area contributed by atoms with E-state index in [0.717, 1.165) is 17.5 Å². The first-order chi connectivity index (χ1) is 12.0. The van der Waals surface area contributed by atoms with Crippen LogP contribution >= 0.6 is 0 Å². The molecule has 1 amide bonds. The van der Waals surface area contributed by atoms with Crippen LogP contribution in [-0.4, -0.2) is 32.7 Å². The van der Waals surface area contributed by atoms with E-state index in [-0.39, 0.29) is 24.4 Å². The van der Waals surface area contributed by atoms with Gasteiger partial charge in [0.15, 0.2) is 0 Å². The topological polar surface area (TPSA) is 93.3 Å². The second kappa shape index (κ2) is 9.05. The van der Waals surface area contributed by atoms with E-state index in [1.165, 1.54) is 0 Å². The molecule has 0 atom stereocenters. The van der Waals surface area contributed by atoms with E-state index in [1.54, 1.807) is 9.13 Å². The van der Waals surface area contributed by atoms with Crippen molar-refractivity contribution in [3.05, 3.63) is 34.7 Å². The van der Waals surface area contributed by atoms with E-state index in [4.69, 9.17) is 5.11 Å². The van der Waals surface area contributed by atoms with Crippen molar-refractivity contribution in [3.8, 4) is 0 Å². The van der Waals surface area contributed by atoms with E-state index >= 15 is 0 Å². The number of carboxylic acid groups (broad SMARTS) is 1. The van der Waals surface area contributed by atoms with Gasteiger partial charge in [0.1, 0.15) is 0 Å². The van der Waals surface area contributed by atoms with E-state index in [9.17, 15) is 14.4 Å². The number of carboxylic acids is 1. The number of hydrogen-bond donors (Lipinski definition) is 2. The van der Waals surface area contributed by atoms with Gasteiger partial charge in [-0.3, -0.25) is 18.7 Å². The molecular formula is C18H25N3O4. The van der Waals surface area contributed by atoms with Gasteiger partial charge in [-0.25, -0.2) is 4.79 Å². The van der Waals surface area contributed by atoms with Gasteiger partial charge in [-0.15, -0.1) is 0 Å². The number of nitrogens with zero attached hydrogens (tertiary/aromatic N) is 2. The number of carbonyl (C=O) groups excluding carboxylic acids is 1. The Labute approximate surface area is 146 Å². The summed E-state index contributed by atoms with van der Waals surface area (Å²) in [4.78, 5) is 35.0. The number of rotatable bonds is 10. The fourth-order valence-corrected chi connectivity index (χ4v) is 2.86. The number of aliphatic carboxylic acids is 1. The number of carbonyl (C=O) groups is 2. The number of benzene rings is 1. The Hall–Kier alpha value is -2.57. The first kappa shape index (κ1) is 18.8. The van der Waals surface area contributed by atoms with Crippen molar-refractivity contribution in [1.29, 1.82) is 0 Å².